The van der Waals surface area contributed by atoms with E-state index in [0.29, 0.717) is 35.4 Å². The summed E-state index contributed by atoms with van der Waals surface area (Å²) in [5.41, 5.74) is 2.01. The number of fused-ring (bicyclic) bond motifs is 1. The second-order valence-corrected chi connectivity index (χ2v) is 9.82. The summed E-state index contributed by atoms with van der Waals surface area (Å²) in [4.78, 5) is 13.2. The fraction of sp³-hybridized carbons (Fsp3) is 0.409. The number of hydrogen-bond donors (Lipinski definition) is 1. The molecule has 0 radical (unpaired) electrons. The van der Waals surface area contributed by atoms with E-state index in [1.807, 2.05) is 26.0 Å². The van der Waals surface area contributed by atoms with E-state index in [2.05, 4.69) is 5.32 Å². The summed E-state index contributed by atoms with van der Waals surface area (Å²) in [5.74, 6) is 0.899. The average Bonchev–Trinajstić information content (AvgIpc) is 2.72. The Morgan fingerprint density at radius 1 is 1.16 bits per heavy atom. The van der Waals surface area contributed by atoms with Crippen LogP contribution >= 0.6 is 11.6 Å². The summed E-state index contributed by atoms with van der Waals surface area (Å²) >= 11 is 6.21. The SMILES string of the molecule is CC[C@H](C(=O)N[C@H](C)c1ccc2c(c1)OCCO2)N(c1ccc(C)c(Cl)c1)S(C)(=O)=O. The number of nitrogens with zero attached hydrogens (tertiary/aromatic N) is 1. The van der Waals surface area contributed by atoms with E-state index in [0.717, 1.165) is 21.7 Å². The van der Waals surface area contributed by atoms with Crippen LogP contribution < -0.4 is 19.1 Å². The molecule has 1 aliphatic heterocycles. The van der Waals surface area contributed by atoms with Crippen molar-refractivity contribution in [2.24, 2.45) is 0 Å². The molecule has 2 aromatic rings. The van der Waals surface area contributed by atoms with Crippen LogP contribution in [0.15, 0.2) is 36.4 Å². The van der Waals surface area contributed by atoms with Crippen LogP contribution in [0.4, 0.5) is 5.69 Å². The van der Waals surface area contributed by atoms with Crippen LogP contribution in [0, 0.1) is 6.92 Å². The van der Waals surface area contributed by atoms with Crippen molar-refractivity contribution >= 4 is 33.2 Å². The second kappa shape index (κ2) is 9.36. The highest BCUT2D eigenvalue weighted by Crippen LogP contribution is 2.33. The van der Waals surface area contributed by atoms with Gasteiger partial charge in [0.25, 0.3) is 0 Å². The summed E-state index contributed by atoms with van der Waals surface area (Å²) < 4.78 is 37.5. The van der Waals surface area contributed by atoms with Crippen molar-refractivity contribution in [3.63, 3.8) is 0 Å². The zero-order valence-electron chi connectivity index (χ0n) is 18.0. The number of halogens is 1. The number of ether oxygens (including phenoxy) is 2. The molecular formula is C22H27ClN2O5S. The molecule has 31 heavy (non-hydrogen) atoms. The Kier molecular flexibility index (Phi) is 7.01. The Hall–Kier alpha value is -2.45. The van der Waals surface area contributed by atoms with Crippen molar-refractivity contribution in [1.82, 2.24) is 5.32 Å². The van der Waals surface area contributed by atoms with Gasteiger partial charge in [0.15, 0.2) is 11.5 Å². The highest BCUT2D eigenvalue weighted by Gasteiger charge is 2.32. The smallest absolute Gasteiger partial charge is 0.244 e. The van der Waals surface area contributed by atoms with E-state index in [4.69, 9.17) is 21.1 Å². The van der Waals surface area contributed by atoms with E-state index < -0.39 is 22.0 Å². The number of amides is 1. The van der Waals surface area contributed by atoms with Gasteiger partial charge in [0.2, 0.25) is 15.9 Å². The maximum Gasteiger partial charge on any atom is 0.244 e. The van der Waals surface area contributed by atoms with E-state index in [1.165, 1.54) is 0 Å². The summed E-state index contributed by atoms with van der Waals surface area (Å²) in [6, 6.07) is 9.16. The Balaban J connectivity index is 1.85. The summed E-state index contributed by atoms with van der Waals surface area (Å²) in [7, 11) is -3.74. The first-order valence-corrected chi connectivity index (χ1v) is 12.3. The third-order valence-corrected chi connectivity index (χ3v) is 6.75. The molecule has 0 saturated heterocycles. The van der Waals surface area contributed by atoms with E-state index in [1.54, 1.807) is 31.2 Å². The summed E-state index contributed by atoms with van der Waals surface area (Å²) in [5, 5.41) is 3.36. The van der Waals surface area contributed by atoms with Gasteiger partial charge in [-0.1, -0.05) is 30.7 Å². The normalized spacial score (nSPS) is 15.1. The number of anilines is 1. The maximum absolute atomic E-state index is 13.2. The molecule has 0 bridgehead atoms. The van der Waals surface area contributed by atoms with E-state index >= 15 is 0 Å². The van der Waals surface area contributed by atoms with Gasteiger partial charge in [-0.05, 0) is 55.7 Å². The number of sulfonamides is 1. The molecular weight excluding hydrogens is 440 g/mol. The standard InChI is InChI=1S/C22H27ClN2O5S/c1-5-19(25(31(4,27)28)17-8-6-14(2)18(23)13-17)22(26)24-15(3)16-7-9-20-21(12-16)30-11-10-29-20/h6-9,12-13,15,19H,5,10-11H2,1-4H3,(H,24,26)/t15-,19-/m1/s1. The molecule has 9 heteroatoms. The molecule has 0 fully saturated rings. The topological polar surface area (TPSA) is 84.9 Å². The number of hydrogen-bond acceptors (Lipinski definition) is 5. The highest BCUT2D eigenvalue weighted by atomic mass is 35.5. The van der Waals surface area contributed by atoms with Gasteiger partial charge in [-0.2, -0.15) is 0 Å². The van der Waals surface area contributed by atoms with Crippen molar-refractivity contribution in [1.29, 1.82) is 0 Å². The summed E-state index contributed by atoms with van der Waals surface area (Å²) in [6.45, 7) is 6.41. The Labute approximate surface area is 188 Å². The minimum Gasteiger partial charge on any atom is -0.486 e. The van der Waals surface area contributed by atoms with Gasteiger partial charge in [0.05, 0.1) is 18.0 Å². The lowest BCUT2D eigenvalue weighted by Crippen LogP contribution is -2.49. The van der Waals surface area contributed by atoms with Crippen LogP contribution in [-0.2, 0) is 14.8 Å². The van der Waals surface area contributed by atoms with Gasteiger partial charge in [0.1, 0.15) is 19.3 Å². The fourth-order valence-electron chi connectivity index (χ4n) is 3.50. The lowest BCUT2D eigenvalue weighted by atomic mass is 10.1. The van der Waals surface area contributed by atoms with Crippen LogP contribution in [-0.4, -0.2) is 39.8 Å². The minimum atomic E-state index is -3.74. The van der Waals surface area contributed by atoms with Crippen molar-refractivity contribution in [3.8, 4) is 11.5 Å². The number of carbonyl (C=O) groups excluding carboxylic acids is 1. The highest BCUT2D eigenvalue weighted by molar-refractivity contribution is 7.92. The number of benzene rings is 2. The Morgan fingerprint density at radius 2 is 1.84 bits per heavy atom. The van der Waals surface area contributed by atoms with Crippen molar-refractivity contribution in [2.45, 2.75) is 39.3 Å². The molecule has 0 unspecified atom stereocenters. The van der Waals surface area contributed by atoms with E-state index in [9.17, 15) is 13.2 Å². The molecule has 0 aliphatic carbocycles. The van der Waals surface area contributed by atoms with Gasteiger partial charge < -0.3 is 14.8 Å². The van der Waals surface area contributed by atoms with Crippen molar-refractivity contribution in [2.75, 3.05) is 23.8 Å². The van der Waals surface area contributed by atoms with Crippen LogP contribution in [0.2, 0.25) is 5.02 Å². The third kappa shape index (κ3) is 5.25. The molecule has 1 amide bonds. The average molecular weight is 467 g/mol. The third-order valence-electron chi connectivity index (χ3n) is 5.16. The molecule has 168 valence electrons. The Bertz CT molecular complexity index is 1070. The number of carbonyl (C=O) groups is 1. The minimum absolute atomic E-state index is 0.290. The molecule has 0 spiro atoms. The second-order valence-electron chi connectivity index (χ2n) is 7.55. The lowest BCUT2D eigenvalue weighted by molar-refractivity contribution is -0.122. The molecule has 2 aromatic carbocycles. The molecule has 2 atom stereocenters. The lowest BCUT2D eigenvalue weighted by Gasteiger charge is -2.31. The summed E-state index contributed by atoms with van der Waals surface area (Å²) in [6.07, 6.45) is 1.37. The van der Waals surface area contributed by atoms with Gasteiger partial charge in [-0.25, -0.2) is 8.42 Å². The molecule has 1 N–H and O–H groups in total. The predicted octanol–water partition coefficient (Wildman–Crippen LogP) is 3.84. The van der Waals surface area contributed by atoms with Crippen molar-refractivity contribution in [3.05, 3.63) is 52.5 Å². The zero-order valence-corrected chi connectivity index (χ0v) is 19.6. The molecule has 0 saturated carbocycles. The predicted molar refractivity (Wildman–Crippen MR) is 122 cm³/mol. The van der Waals surface area contributed by atoms with Crippen LogP contribution in [0.3, 0.4) is 0 Å². The number of nitrogens with one attached hydrogen (secondary N) is 1. The Morgan fingerprint density at radius 3 is 2.45 bits per heavy atom. The molecule has 3 rings (SSSR count). The van der Waals surface area contributed by atoms with Crippen LogP contribution in [0.1, 0.15) is 37.4 Å². The molecule has 0 aromatic heterocycles. The van der Waals surface area contributed by atoms with Crippen LogP contribution in [0.5, 0.6) is 11.5 Å². The zero-order chi connectivity index (χ0) is 22.8. The molecule has 1 aliphatic rings. The van der Waals surface area contributed by atoms with Gasteiger partial charge in [-0.3, -0.25) is 9.10 Å². The van der Waals surface area contributed by atoms with Crippen LogP contribution in [0.25, 0.3) is 0 Å². The van der Waals surface area contributed by atoms with Gasteiger partial charge in [-0.15, -0.1) is 0 Å². The number of aryl methyl sites for hydroxylation is 1. The largest absolute Gasteiger partial charge is 0.486 e. The van der Waals surface area contributed by atoms with Crippen molar-refractivity contribution < 1.29 is 22.7 Å². The first kappa shape index (κ1) is 23.2. The van der Waals surface area contributed by atoms with Gasteiger partial charge in [0, 0.05) is 5.02 Å². The van der Waals surface area contributed by atoms with Gasteiger partial charge >= 0.3 is 0 Å². The van der Waals surface area contributed by atoms with E-state index in [-0.39, 0.29) is 12.5 Å². The quantitative estimate of drug-likeness (QED) is 0.670. The molecule has 7 nitrogen and oxygen atoms in total. The molecule has 1 heterocycles. The fourth-order valence-corrected chi connectivity index (χ4v) is 4.88. The first-order chi connectivity index (χ1) is 14.6. The first-order valence-electron chi connectivity index (χ1n) is 10.1. The monoisotopic (exact) mass is 466 g/mol. The maximum atomic E-state index is 13.2. The number of rotatable bonds is 7.